The van der Waals surface area contributed by atoms with Crippen LogP contribution in [-0.2, 0) is 9.16 Å². The lowest BCUT2D eigenvalue weighted by atomic mass is 10.3. The van der Waals surface area contributed by atoms with Crippen LogP contribution in [0.3, 0.4) is 0 Å². The molecule has 0 fully saturated rings. The van der Waals surface area contributed by atoms with Gasteiger partial charge in [-0.05, 0) is 6.92 Å². The van der Waals surface area contributed by atoms with Gasteiger partial charge in [0.05, 0.1) is 0 Å². The number of hydrogen-bond acceptors (Lipinski definition) is 1. The number of carbonyl (C=O) groups excluding carboxylic acids is 1. The summed E-state index contributed by atoms with van der Waals surface area (Å²) in [5.41, 5.74) is 0. The summed E-state index contributed by atoms with van der Waals surface area (Å²) in [6.45, 7) is 3.54. The van der Waals surface area contributed by atoms with Gasteiger partial charge in [0.2, 0.25) is 0 Å². The molecule has 0 spiro atoms. The second-order valence-electron chi connectivity index (χ2n) is 2.25. The van der Waals surface area contributed by atoms with Crippen LogP contribution in [0.5, 0.6) is 0 Å². The molecule has 0 aliphatic carbocycles. The van der Waals surface area contributed by atoms with E-state index in [4.69, 9.17) is 9.16 Å². The molecule has 13 heavy (non-hydrogen) atoms. The van der Waals surface area contributed by atoms with E-state index in [-0.39, 0.29) is 0 Å². The monoisotopic (exact) mass is 202 g/mol. The summed E-state index contributed by atoms with van der Waals surface area (Å²) >= 11 is 0. The fourth-order valence-corrected chi connectivity index (χ4v) is 0.750. The highest BCUT2D eigenvalue weighted by Gasteiger charge is 2.20. The lowest BCUT2D eigenvalue weighted by Crippen LogP contribution is -2.02. The zero-order valence-corrected chi connectivity index (χ0v) is 7.23. The predicted octanol–water partition coefficient (Wildman–Crippen LogP) is 2.18. The molecule has 0 aromatic heterocycles. The van der Waals surface area contributed by atoms with Gasteiger partial charge >= 0.3 is 13.2 Å². The molecule has 0 aromatic carbocycles. The van der Waals surface area contributed by atoms with E-state index in [9.17, 15) is 17.3 Å². The summed E-state index contributed by atoms with van der Waals surface area (Å²) in [5.74, 6) is 0.826. The van der Waals surface area contributed by atoms with Crippen molar-refractivity contribution in [1.82, 2.24) is 0 Å². The highest BCUT2D eigenvalue weighted by molar-refractivity contribution is 6.50. The molecule has 0 saturated carbocycles. The van der Waals surface area contributed by atoms with Crippen LogP contribution in [0.15, 0.2) is 0 Å². The SMILES string of the molecule is CCOC1=[O+]CCC1.F[B-](F)(F)F. The molecular formula is C6H11BF4O2. The Balaban J connectivity index is 0.000000252. The summed E-state index contributed by atoms with van der Waals surface area (Å²) in [7, 11) is -6.00. The maximum absolute atomic E-state index is 9.75. The van der Waals surface area contributed by atoms with Crippen molar-refractivity contribution < 1.29 is 26.4 Å². The van der Waals surface area contributed by atoms with Crippen molar-refractivity contribution in [1.29, 1.82) is 0 Å². The van der Waals surface area contributed by atoms with Crippen molar-refractivity contribution in [2.75, 3.05) is 13.2 Å². The Labute approximate surface area is 73.7 Å². The molecule has 1 heterocycles. The molecular weight excluding hydrogens is 191 g/mol. The van der Waals surface area contributed by atoms with Gasteiger partial charge in [-0.15, -0.1) is 0 Å². The van der Waals surface area contributed by atoms with E-state index in [1.165, 1.54) is 0 Å². The first-order chi connectivity index (χ1) is 5.93. The zero-order chi connectivity index (χ0) is 10.3. The molecule has 78 valence electrons. The Hall–Kier alpha value is -0.745. The van der Waals surface area contributed by atoms with Crippen LogP contribution in [-0.4, -0.2) is 26.4 Å². The van der Waals surface area contributed by atoms with E-state index < -0.39 is 7.25 Å². The number of rotatable bonds is 1. The van der Waals surface area contributed by atoms with Crippen LogP contribution in [0.4, 0.5) is 17.3 Å². The fraction of sp³-hybridized carbons (Fsp3) is 0.833. The van der Waals surface area contributed by atoms with E-state index in [1.54, 1.807) is 0 Å². The Morgan fingerprint density at radius 3 is 2.23 bits per heavy atom. The van der Waals surface area contributed by atoms with Gasteiger partial charge in [-0.2, -0.15) is 0 Å². The first kappa shape index (κ1) is 12.3. The van der Waals surface area contributed by atoms with E-state index in [1.807, 2.05) is 6.92 Å². The van der Waals surface area contributed by atoms with Gasteiger partial charge in [0.1, 0.15) is 6.42 Å². The van der Waals surface area contributed by atoms with E-state index in [0.29, 0.717) is 0 Å². The predicted molar refractivity (Wildman–Crippen MR) is 40.9 cm³/mol. The zero-order valence-electron chi connectivity index (χ0n) is 7.23. The van der Waals surface area contributed by atoms with Crippen LogP contribution in [0, 0.1) is 0 Å². The van der Waals surface area contributed by atoms with Crippen LogP contribution < -0.4 is 0 Å². The van der Waals surface area contributed by atoms with Crippen molar-refractivity contribution in [3.63, 3.8) is 0 Å². The normalized spacial score (nSPS) is 15.9. The molecule has 1 aliphatic rings. The molecule has 0 bridgehead atoms. The molecule has 0 amide bonds. The van der Waals surface area contributed by atoms with Gasteiger partial charge in [0, 0.05) is 6.42 Å². The maximum atomic E-state index is 9.75. The third-order valence-corrected chi connectivity index (χ3v) is 1.09. The minimum atomic E-state index is -6.00. The quantitative estimate of drug-likeness (QED) is 0.276. The molecule has 1 rings (SSSR count). The molecule has 0 aromatic rings. The first-order valence-corrected chi connectivity index (χ1v) is 3.92. The Morgan fingerprint density at radius 2 is 1.92 bits per heavy atom. The smallest absolute Gasteiger partial charge is 0.418 e. The Morgan fingerprint density at radius 1 is 1.38 bits per heavy atom. The highest BCUT2D eigenvalue weighted by Crippen LogP contribution is 2.06. The van der Waals surface area contributed by atoms with Gasteiger partial charge in [-0.25, -0.2) is 0 Å². The van der Waals surface area contributed by atoms with Crippen molar-refractivity contribution in [2.24, 2.45) is 0 Å². The summed E-state index contributed by atoms with van der Waals surface area (Å²) in [6.07, 6.45) is 2.11. The molecule has 1 aliphatic heterocycles. The van der Waals surface area contributed by atoms with Crippen molar-refractivity contribution in [3.05, 3.63) is 0 Å². The second kappa shape index (κ2) is 5.82. The highest BCUT2D eigenvalue weighted by atomic mass is 19.5. The summed E-state index contributed by atoms with van der Waals surface area (Å²) in [6, 6.07) is 0. The number of esters is 1. The average molecular weight is 202 g/mol. The summed E-state index contributed by atoms with van der Waals surface area (Å²) < 4.78 is 49.2. The lowest BCUT2D eigenvalue weighted by Gasteiger charge is -1.94. The maximum Gasteiger partial charge on any atom is 0.673 e. The van der Waals surface area contributed by atoms with Gasteiger partial charge in [-0.3, -0.25) is 0 Å². The van der Waals surface area contributed by atoms with Crippen LogP contribution in [0.25, 0.3) is 0 Å². The van der Waals surface area contributed by atoms with Crippen LogP contribution >= 0.6 is 0 Å². The molecule has 0 saturated heterocycles. The molecule has 0 radical (unpaired) electrons. The van der Waals surface area contributed by atoms with Gasteiger partial charge < -0.3 is 26.4 Å². The molecule has 2 nitrogen and oxygen atoms in total. The third kappa shape index (κ3) is 11.3. The van der Waals surface area contributed by atoms with Crippen molar-refractivity contribution in [3.8, 4) is 0 Å². The van der Waals surface area contributed by atoms with Crippen molar-refractivity contribution in [2.45, 2.75) is 19.8 Å². The van der Waals surface area contributed by atoms with Gasteiger partial charge in [0.15, 0.2) is 13.2 Å². The molecule has 0 unspecified atom stereocenters. The fourth-order valence-electron chi connectivity index (χ4n) is 0.750. The molecule has 0 atom stereocenters. The van der Waals surface area contributed by atoms with Crippen LogP contribution in [0.1, 0.15) is 19.8 Å². The summed E-state index contributed by atoms with van der Waals surface area (Å²) in [5, 5.41) is 0. The van der Waals surface area contributed by atoms with Crippen LogP contribution in [0.2, 0.25) is 0 Å². The first-order valence-electron chi connectivity index (χ1n) is 3.92. The summed E-state index contributed by atoms with van der Waals surface area (Å²) in [4.78, 5) is 0. The Bertz CT molecular complexity index is 163. The molecule has 7 heteroatoms. The number of halogens is 4. The van der Waals surface area contributed by atoms with Gasteiger partial charge in [-0.1, -0.05) is 0 Å². The third-order valence-electron chi connectivity index (χ3n) is 1.09. The average Bonchev–Trinajstić information content (AvgIpc) is 2.36. The lowest BCUT2D eigenvalue weighted by molar-refractivity contribution is -0.456. The minimum Gasteiger partial charge on any atom is -0.418 e. The Kier molecular flexibility index (Phi) is 5.49. The van der Waals surface area contributed by atoms with E-state index in [0.717, 1.165) is 32.0 Å². The number of ether oxygens (including phenoxy) is 1. The minimum absolute atomic E-state index is 0.731. The second-order valence-corrected chi connectivity index (χ2v) is 2.25. The largest absolute Gasteiger partial charge is 0.673 e. The standard InChI is InChI=1S/C6H11O2.BF4/c1-2-7-6-4-3-5-8-6;2-1(3,4)5/h2-5H2,1H3;/q+1;-1. The van der Waals surface area contributed by atoms with Crippen molar-refractivity contribution >= 4 is 13.2 Å². The molecule has 0 N–H and O–H groups in total. The topological polar surface area (TPSA) is 20.5 Å². The van der Waals surface area contributed by atoms with E-state index >= 15 is 0 Å². The number of hydrogen-bond donors (Lipinski definition) is 0. The van der Waals surface area contributed by atoms with E-state index in [2.05, 4.69) is 0 Å². The van der Waals surface area contributed by atoms with Gasteiger partial charge in [0.25, 0.3) is 0 Å².